The van der Waals surface area contributed by atoms with Gasteiger partial charge < -0.3 is 20.5 Å². The van der Waals surface area contributed by atoms with Gasteiger partial charge in [-0.3, -0.25) is 4.79 Å². The number of nitrogens with one attached hydrogen (secondary N) is 1. The van der Waals surface area contributed by atoms with Crippen LogP contribution in [0.1, 0.15) is 27.2 Å². The van der Waals surface area contributed by atoms with Crippen molar-refractivity contribution in [2.45, 2.75) is 39.4 Å². The number of carbonyl (C=O) groups excluding carboxylic acids is 1. The molecule has 4 atom stereocenters. The monoisotopic (exact) mass is 258 g/mol. The highest BCUT2D eigenvalue weighted by Gasteiger charge is 2.41. The molecule has 0 radical (unpaired) electrons. The molecule has 4 unspecified atom stereocenters. The Morgan fingerprint density at radius 3 is 2.56 bits per heavy atom. The summed E-state index contributed by atoms with van der Waals surface area (Å²) in [4.78, 5) is 12.0. The third kappa shape index (κ3) is 4.23. The molecule has 1 aliphatic rings. The van der Waals surface area contributed by atoms with Gasteiger partial charge in [0.1, 0.15) is 0 Å². The van der Waals surface area contributed by atoms with E-state index in [4.69, 9.17) is 15.2 Å². The fourth-order valence-electron chi connectivity index (χ4n) is 2.41. The van der Waals surface area contributed by atoms with Gasteiger partial charge >= 0.3 is 0 Å². The lowest BCUT2D eigenvalue weighted by Crippen LogP contribution is -2.38. The van der Waals surface area contributed by atoms with E-state index in [2.05, 4.69) is 12.2 Å². The highest BCUT2D eigenvalue weighted by molar-refractivity contribution is 5.79. The summed E-state index contributed by atoms with van der Waals surface area (Å²) < 4.78 is 10.9. The molecule has 1 rings (SSSR count). The number of carbonyl (C=O) groups is 1. The van der Waals surface area contributed by atoms with Gasteiger partial charge in [-0.2, -0.15) is 0 Å². The molecule has 0 aromatic heterocycles. The number of ether oxygens (including phenoxy) is 2. The quantitative estimate of drug-likeness (QED) is 0.653. The number of amides is 1. The van der Waals surface area contributed by atoms with E-state index in [1.807, 2.05) is 13.8 Å². The standard InChI is InChI=1S/C13H26N2O3/c1-9-10(2)18-11(3)12(9)13(16)15-6-4-7-17-8-5-14/h9-12H,4-8,14H2,1-3H3,(H,15,16). The second-order valence-corrected chi connectivity index (χ2v) is 4.98. The second kappa shape index (κ2) is 7.71. The van der Waals surface area contributed by atoms with E-state index in [0.717, 1.165) is 6.42 Å². The second-order valence-electron chi connectivity index (χ2n) is 4.98. The Morgan fingerprint density at radius 1 is 1.28 bits per heavy atom. The molecule has 0 spiro atoms. The Morgan fingerprint density at radius 2 is 2.00 bits per heavy atom. The van der Waals surface area contributed by atoms with Crippen molar-refractivity contribution in [3.8, 4) is 0 Å². The van der Waals surface area contributed by atoms with Crippen LogP contribution in [0.3, 0.4) is 0 Å². The van der Waals surface area contributed by atoms with Crippen LogP contribution in [0.25, 0.3) is 0 Å². The van der Waals surface area contributed by atoms with Gasteiger partial charge in [-0.05, 0) is 26.2 Å². The van der Waals surface area contributed by atoms with Gasteiger partial charge in [0, 0.05) is 19.7 Å². The third-order valence-electron chi connectivity index (χ3n) is 3.57. The number of nitrogens with two attached hydrogens (primary N) is 1. The molecule has 1 aliphatic heterocycles. The van der Waals surface area contributed by atoms with Gasteiger partial charge in [-0.15, -0.1) is 0 Å². The molecule has 1 amide bonds. The summed E-state index contributed by atoms with van der Waals surface area (Å²) >= 11 is 0. The van der Waals surface area contributed by atoms with Gasteiger partial charge in [-0.25, -0.2) is 0 Å². The van der Waals surface area contributed by atoms with Crippen LogP contribution in [0.5, 0.6) is 0 Å². The fraction of sp³-hybridized carbons (Fsp3) is 0.923. The lowest BCUT2D eigenvalue weighted by atomic mass is 9.89. The van der Waals surface area contributed by atoms with Crippen LogP contribution in [0, 0.1) is 11.8 Å². The van der Waals surface area contributed by atoms with Gasteiger partial charge in [0.15, 0.2) is 0 Å². The maximum Gasteiger partial charge on any atom is 0.226 e. The Kier molecular flexibility index (Phi) is 6.60. The smallest absolute Gasteiger partial charge is 0.226 e. The summed E-state index contributed by atoms with van der Waals surface area (Å²) in [5.74, 6) is 0.330. The highest BCUT2D eigenvalue weighted by atomic mass is 16.5. The predicted molar refractivity (Wildman–Crippen MR) is 70.2 cm³/mol. The Bertz CT molecular complexity index is 261. The molecule has 106 valence electrons. The van der Waals surface area contributed by atoms with Crippen LogP contribution >= 0.6 is 0 Å². The van der Waals surface area contributed by atoms with Gasteiger partial charge in [0.05, 0.1) is 24.7 Å². The Balaban J connectivity index is 2.20. The summed E-state index contributed by atoms with van der Waals surface area (Å²) in [6, 6.07) is 0. The molecular weight excluding hydrogens is 232 g/mol. The van der Waals surface area contributed by atoms with E-state index in [-0.39, 0.29) is 30.0 Å². The van der Waals surface area contributed by atoms with Crippen molar-refractivity contribution in [2.24, 2.45) is 17.6 Å². The number of hydrogen-bond donors (Lipinski definition) is 2. The predicted octanol–water partition coefficient (Wildman–Crippen LogP) is 0.528. The number of hydrogen-bond acceptors (Lipinski definition) is 4. The lowest BCUT2D eigenvalue weighted by molar-refractivity contribution is -0.127. The minimum Gasteiger partial charge on any atom is -0.380 e. The zero-order chi connectivity index (χ0) is 13.5. The molecule has 1 heterocycles. The molecule has 1 saturated heterocycles. The molecule has 0 bridgehead atoms. The average molecular weight is 258 g/mol. The minimum absolute atomic E-state index is 0.00323. The average Bonchev–Trinajstić information content (AvgIpc) is 2.58. The van der Waals surface area contributed by atoms with Crippen LogP contribution in [0.4, 0.5) is 0 Å². The maximum atomic E-state index is 12.0. The minimum atomic E-state index is -0.0371. The summed E-state index contributed by atoms with van der Waals surface area (Å²) in [6.45, 7) is 8.47. The van der Waals surface area contributed by atoms with Crippen LogP contribution < -0.4 is 11.1 Å². The summed E-state index contributed by atoms with van der Waals surface area (Å²) in [6.07, 6.45) is 0.976. The first-order valence-corrected chi connectivity index (χ1v) is 6.79. The van der Waals surface area contributed by atoms with E-state index in [1.165, 1.54) is 0 Å². The molecule has 0 saturated carbocycles. The molecule has 5 heteroatoms. The zero-order valence-corrected chi connectivity index (χ0v) is 11.6. The highest BCUT2D eigenvalue weighted by Crippen LogP contribution is 2.32. The molecule has 3 N–H and O–H groups in total. The first-order chi connectivity index (χ1) is 8.57. The summed E-state index contributed by atoms with van der Waals surface area (Å²) in [5.41, 5.74) is 5.31. The van der Waals surface area contributed by atoms with Crippen molar-refractivity contribution in [2.75, 3.05) is 26.3 Å². The van der Waals surface area contributed by atoms with E-state index in [0.29, 0.717) is 26.3 Å². The van der Waals surface area contributed by atoms with Crippen molar-refractivity contribution in [3.63, 3.8) is 0 Å². The Labute approximate surface area is 109 Å². The zero-order valence-electron chi connectivity index (χ0n) is 11.6. The Hall–Kier alpha value is -0.650. The van der Waals surface area contributed by atoms with E-state index >= 15 is 0 Å². The van der Waals surface area contributed by atoms with Gasteiger partial charge in [0.2, 0.25) is 5.91 Å². The lowest BCUT2D eigenvalue weighted by Gasteiger charge is -2.17. The molecule has 0 aliphatic carbocycles. The van der Waals surface area contributed by atoms with Crippen LogP contribution in [0.2, 0.25) is 0 Å². The van der Waals surface area contributed by atoms with E-state index in [1.54, 1.807) is 0 Å². The third-order valence-corrected chi connectivity index (χ3v) is 3.57. The maximum absolute atomic E-state index is 12.0. The molecule has 0 aromatic rings. The summed E-state index contributed by atoms with van der Waals surface area (Å²) in [7, 11) is 0. The van der Waals surface area contributed by atoms with Crippen LogP contribution in [-0.4, -0.2) is 44.4 Å². The molecule has 0 aromatic carbocycles. The molecule has 1 fully saturated rings. The topological polar surface area (TPSA) is 73.6 Å². The largest absolute Gasteiger partial charge is 0.380 e. The van der Waals surface area contributed by atoms with Crippen molar-refractivity contribution >= 4 is 5.91 Å². The summed E-state index contributed by atoms with van der Waals surface area (Å²) in [5, 5.41) is 2.95. The fourth-order valence-corrected chi connectivity index (χ4v) is 2.41. The normalized spacial score (nSPS) is 31.6. The first kappa shape index (κ1) is 15.4. The van der Waals surface area contributed by atoms with Crippen molar-refractivity contribution in [1.29, 1.82) is 0 Å². The van der Waals surface area contributed by atoms with Crippen molar-refractivity contribution in [3.05, 3.63) is 0 Å². The van der Waals surface area contributed by atoms with Gasteiger partial charge in [-0.1, -0.05) is 6.92 Å². The van der Waals surface area contributed by atoms with Crippen molar-refractivity contribution < 1.29 is 14.3 Å². The van der Waals surface area contributed by atoms with Crippen LogP contribution in [-0.2, 0) is 14.3 Å². The molecule has 18 heavy (non-hydrogen) atoms. The van der Waals surface area contributed by atoms with Gasteiger partial charge in [0.25, 0.3) is 0 Å². The van der Waals surface area contributed by atoms with Crippen molar-refractivity contribution in [1.82, 2.24) is 5.32 Å². The number of rotatable bonds is 7. The van der Waals surface area contributed by atoms with E-state index in [9.17, 15) is 4.79 Å². The first-order valence-electron chi connectivity index (χ1n) is 6.79. The van der Waals surface area contributed by atoms with E-state index < -0.39 is 0 Å². The SMILES string of the molecule is CC1OC(C)C(C(=O)NCCCOCCN)C1C. The molecular formula is C13H26N2O3. The van der Waals surface area contributed by atoms with Crippen LogP contribution in [0.15, 0.2) is 0 Å². The molecule has 5 nitrogen and oxygen atoms in total.